The first-order chi connectivity index (χ1) is 9.86. The van der Waals surface area contributed by atoms with Crippen LogP contribution < -0.4 is 0 Å². The van der Waals surface area contributed by atoms with Crippen molar-refractivity contribution in [2.75, 3.05) is 6.54 Å². The lowest BCUT2D eigenvalue weighted by atomic mass is 10.1. The molecular formula is C13H16F3N3O2. The number of imidazole rings is 1. The summed E-state index contributed by atoms with van der Waals surface area (Å²) in [5.74, 6) is -1.71. The Bertz CT molecular complexity index is 537. The Balaban J connectivity index is 2.08. The van der Waals surface area contributed by atoms with Gasteiger partial charge in [0.15, 0.2) is 11.8 Å². The minimum atomic E-state index is -4.58. The molecule has 0 bridgehead atoms. The number of rotatable bonds is 5. The van der Waals surface area contributed by atoms with E-state index in [9.17, 15) is 23.1 Å². The van der Waals surface area contributed by atoms with Crippen molar-refractivity contribution in [1.29, 1.82) is 0 Å². The number of carbonyl (C=O) groups is 1. The van der Waals surface area contributed by atoms with Crippen molar-refractivity contribution < 1.29 is 23.1 Å². The quantitative estimate of drug-likeness (QED) is 0.908. The first-order valence-electron chi connectivity index (χ1n) is 6.61. The molecule has 1 aliphatic heterocycles. The minimum absolute atomic E-state index is 0.0141. The van der Waals surface area contributed by atoms with Gasteiger partial charge in [0.2, 0.25) is 0 Å². The summed E-state index contributed by atoms with van der Waals surface area (Å²) in [4.78, 5) is 16.4. The van der Waals surface area contributed by atoms with Crippen LogP contribution in [0.4, 0.5) is 13.2 Å². The number of carbonyl (C=O) groups excluding carboxylic acids is 1. The van der Waals surface area contributed by atoms with Crippen LogP contribution in [0.1, 0.15) is 19.8 Å². The van der Waals surface area contributed by atoms with E-state index >= 15 is 0 Å². The lowest BCUT2D eigenvalue weighted by Crippen LogP contribution is -2.46. The predicted octanol–water partition coefficient (Wildman–Crippen LogP) is 2.27. The molecular weight excluding hydrogens is 287 g/mol. The highest BCUT2D eigenvalue weighted by atomic mass is 19.4. The highest BCUT2D eigenvalue weighted by molar-refractivity contribution is 5.95. The van der Waals surface area contributed by atoms with Crippen LogP contribution in [0, 0.1) is 0 Å². The van der Waals surface area contributed by atoms with Gasteiger partial charge < -0.3 is 14.6 Å². The van der Waals surface area contributed by atoms with E-state index in [0.29, 0.717) is 17.9 Å². The van der Waals surface area contributed by atoms with Crippen molar-refractivity contribution in [2.45, 2.75) is 38.5 Å². The Labute approximate surface area is 119 Å². The zero-order valence-corrected chi connectivity index (χ0v) is 11.5. The van der Waals surface area contributed by atoms with Crippen molar-refractivity contribution in [2.24, 2.45) is 0 Å². The summed E-state index contributed by atoms with van der Waals surface area (Å²) >= 11 is 0. The molecule has 1 aliphatic rings. The van der Waals surface area contributed by atoms with Crippen LogP contribution in [-0.4, -0.2) is 44.2 Å². The van der Waals surface area contributed by atoms with Gasteiger partial charge in [-0.2, -0.15) is 13.2 Å². The Morgan fingerprint density at radius 1 is 1.38 bits per heavy atom. The largest absolute Gasteiger partial charge is 0.503 e. The zero-order valence-electron chi connectivity index (χ0n) is 11.5. The minimum Gasteiger partial charge on any atom is -0.503 e. The van der Waals surface area contributed by atoms with Crippen LogP contribution >= 0.6 is 0 Å². The van der Waals surface area contributed by atoms with Crippen LogP contribution in [0.25, 0.3) is 0 Å². The summed E-state index contributed by atoms with van der Waals surface area (Å²) < 4.78 is 41.1. The highest BCUT2D eigenvalue weighted by Crippen LogP contribution is 2.37. The van der Waals surface area contributed by atoms with E-state index in [4.69, 9.17) is 0 Å². The SMILES string of the molecule is CCC1=C(O)C(=O)N(CCCn2ccnc2)C1C(F)(F)F. The van der Waals surface area contributed by atoms with E-state index in [-0.39, 0.29) is 18.5 Å². The molecule has 0 saturated carbocycles. The lowest BCUT2D eigenvalue weighted by molar-refractivity contribution is -0.176. The van der Waals surface area contributed by atoms with Crippen LogP contribution in [0.15, 0.2) is 30.1 Å². The Morgan fingerprint density at radius 3 is 2.62 bits per heavy atom. The van der Waals surface area contributed by atoms with Gasteiger partial charge in [0.1, 0.15) is 0 Å². The molecule has 0 spiro atoms. The third-order valence-electron chi connectivity index (χ3n) is 3.47. The summed E-state index contributed by atoms with van der Waals surface area (Å²) in [5, 5.41) is 9.62. The van der Waals surface area contributed by atoms with Gasteiger partial charge in [0.05, 0.1) is 6.33 Å². The smallest absolute Gasteiger partial charge is 0.412 e. The number of aryl methyl sites for hydroxylation is 1. The van der Waals surface area contributed by atoms with E-state index in [1.165, 1.54) is 6.92 Å². The maximum Gasteiger partial charge on any atom is 0.412 e. The van der Waals surface area contributed by atoms with Gasteiger partial charge in [-0.15, -0.1) is 0 Å². The van der Waals surface area contributed by atoms with E-state index in [1.807, 2.05) is 0 Å². The van der Waals surface area contributed by atoms with Crippen molar-refractivity contribution >= 4 is 5.91 Å². The number of hydrogen-bond donors (Lipinski definition) is 1. The van der Waals surface area contributed by atoms with Gasteiger partial charge in [0.25, 0.3) is 5.91 Å². The van der Waals surface area contributed by atoms with E-state index in [0.717, 1.165) is 0 Å². The Hall–Kier alpha value is -1.99. The predicted molar refractivity (Wildman–Crippen MR) is 68.3 cm³/mol. The molecule has 1 unspecified atom stereocenters. The van der Waals surface area contributed by atoms with Crippen molar-refractivity contribution in [1.82, 2.24) is 14.5 Å². The number of alkyl halides is 3. The molecule has 8 heteroatoms. The Kier molecular flexibility index (Phi) is 4.24. The number of nitrogens with zero attached hydrogens (tertiary/aromatic N) is 3. The highest BCUT2D eigenvalue weighted by Gasteiger charge is 2.53. The summed E-state index contributed by atoms with van der Waals surface area (Å²) in [6.07, 6.45) is 0.571. The van der Waals surface area contributed by atoms with E-state index < -0.39 is 23.9 Å². The van der Waals surface area contributed by atoms with Crippen LogP contribution in [0.5, 0.6) is 0 Å². The first kappa shape index (κ1) is 15.4. The van der Waals surface area contributed by atoms with Crippen molar-refractivity contribution in [3.8, 4) is 0 Å². The second kappa shape index (κ2) is 5.79. The van der Waals surface area contributed by atoms with Gasteiger partial charge in [-0.05, 0) is 12.8 Å². The average Bonchev–Trinajstić information content (AvgIpc) is 2.99. The monoisotopic (exact) mass is 303 g/mol. The molecule has 0 aliphatic carbocycles. The molecule has 5 nitrogen and oxygen atoms in total. The molecule has 116 valence electrons. The third-order valence-corrected chi connectivity index (χ3v) is 3.47. The fourth-order valence-corrected chi connectivity index (χ4v) is 2.52. The zero-order chi connectivity index (χ0) is 15.6. The molecule has 21 heavy (non-hydrogen) atoms. The first-order valence-corrected chi connectivity index (χ1v) is 6.61. The second-order valence-corrected chi connectivity index (χ2v) is 4.82. The van der Waals surface area contributed by atoms with Crippen LogP contribution in [-0.2, 0) is 11.3 Å². The molecule has 0 saturated heterocycles. The normalized spacial score (nSPS) is 19.7. The molecule has 1 N–H and O–H groups in total. The molecule has 0 aromatic carbocycles. The van der Waals surface area contributed by atoms with E-state index in [2.05, 4.69) is 4.98 Å². The maximum atomic E-state index is 13.1. The van der Waals surface area contributed by atoms with Crippen LogP contribution in [0.3, 0.4) is 0 Å². The second-order valence-electron chi connectivity index (χ2n) is 4.82. The molecule has 0 radical (unpaired) electrons. The molecule has 1 atom stereocenters. The number of halogens is 3. The lowest BCUT2D eigenvalue weighted by Gasteiger charge is -2.28. The fraction of sp³-hybridized carbons (Fsp3) is 0.538. The van der Waals surface area contributed by atoms with Crippen molar-refractivity contribution in [3.63, 3.8) is 0 Å². The van der Waals surface area contributed by atoms with Gasteiger partial charge in [-0.3, -0.25) is 4.79 Å². The number of aromatic nitrogens is 2. The third kappa shape index (κ3) is 3.03. The van der Waals surface area contributed by atoms with Gasteiger partial charge in [-0.1, -0.05) is 6.92 Å². The van der Waals surface area contributed by atoms with Crippen molar-refractivity contribution in [3.05, 3.63) is 30.1 Å². The summed E-state index contributed by atoms with van der Waals surface area (Å²) in [7, 11) is 0. The number of hydrogen-bond acceptors (Lipinski definition) is 3. The van der Waals surface area contributed by atoms with Gasteiger partial charge in [-0.25, -0.2) is 4.98 Å². The summed E-state index contributed by atoms with van der Waals surface area (Å²) in [5.41, 5.74) is -0.255. The fourth-order valence-electron chi connectivity index (χ4n) is 2.52. The molecule has 1 aromatic heterocycles. The van der Waals surface area contributed by atoms with Gasteiger partial charge >= 0.3 is 6.18 Å². The summed E-state index contributed by atoms with van der Waals surface area (Å²) in [6.45, 7) is 1.87. The average molecular weight is 303 g/mol. The number of aliphatic hydroxyl groups is 1. The molecule has 1 amide bonds. The molecule has 1 aromatic rings. The number of aliphatic hydroxyl groups excluding tert-OH is 1. The topological polar surface area (TPSA) is 58.4 Å². The standard InChI is InChI=1S/C13H16F3N3O2/c1-2-9-10(20)12(21)19(11(9)13(14,15)16)6-3-5-18-7-4-17-8-18/h4,7-8,11,20H,2-3,5-6H2,1H3. The Morgan fingerprint density at radius 2 is 2.10 bits per heavy atom. The molecule has 2 rings (SSSR count). The van der Waals surface area contributed by atoms with Gasteiger partial charge in [0, 0.05) is 31.1 Å². The molecule has 2 heterocycles. The summed E-state index contributed by atoms with van der Waals surface area (Å²) in [6, 6.07) is -2.02. The van der Waals surface area contributed by atoms with Crippen LogP contribution in [0.2, 0.25) is 0 Å². The number of amides is 1. The molecule has 0 fully saturated rings. The maximum absolute atomic E-state index is 13.1. The van der Waals surface area contributed by atoms with E-state index in [1.54, 1.807) is 23.3 Å².